The molecule has 3 heterocycles. The molecule has 0 aliphatic carbocycles. The van der Waals surface area contributed by atoms with Crippen LogP contribution in [0.25, 0.3) is 11.4 Å². The second-order valence-corrected chi connectivity index (χ2v) is 12.5. The fourth-order valence-electron chi connectivity index (χ4n) is 5.85. The van der Waals surface area contributed by atoms with E-state index >= 15 is 0 Å². The molecule has 2 atom stereocenters. The average molecular weight is 625 g/mol. The van der Waals surface area contributed by atoms with Gasteiger partial charge in [-0.3, -0.25) is 19.1 Å². The maximum atomic E-state index is 14.0. The lowest BCUT2D eigenvalue weighted by molar-refractivity contribution is -0.129. The van der Waals surface area contributed by atoms with Crippen LogP contribution in [0.15, 0.2) is 60.7 Å². The largest absolute Gasteiger partial charge is 0.345 e. The summed E-state index contributed by atoms with van der Waals surface area (Å²) in [5, 5.41) is 15.4. The van der Waals surface area contributed by atoms with Crippen molar-refractivity contribution in [3.63, 3.8) is 0 Å². The van der Waals surface area contributed by atoms with E-state index in [1.165, 1.54) is 0 Å². The number of rotatable bonds is 6. The number of carbonyl (C=O) groups is 3. The molecule has 0 saturated heterocycles. The van der Waals surface area contributed by atoms with Crippen molar-refractivity contribution >= 4 is 17.7 Å². The van der Waals surface area contributed by atoms with E-state index in [4.69, 9.17) is 10.1 Å². The van der Waals surface area contributed by atoms with Gasteiger partial charge in [-0.25, -0.2) is 9.67 Å². The Hall–Kier alpha value is -4.80. The van der Waals surface area contributed by atoms with Crippen LogP contribution in [-0.2, 0) is 22.7 Å². The van der Waals surface area contributed by atoms with E-state index in [0.717, 1.165) is 22.5 Å². The molecule has 3 amide bonds. The minimum Gasteiger partial charge on any atom is -0.345 e. The number of aryl methyl sites for hydroxylation is 2. The number of carbonyl (C=O) groups excluding carboxylic acids is 3. The highest BCUT2D eigenvalue weighted by molar-refractivity contribution is 5.94. The third-order valence-electron chi connectivity index (χ3n) is 8.15. The number of amides is 3. The molecule has 2 aromatic carbocycles. The van der Waals surface area contributed by atoms with Crippen LogP contribution in [0.3, 0.4) is 0 Å². The van der Waals surface area contributed by atoms with Gasteiger partial charge in [0.1, 0.15) is 11.9 Å². The molecule has 0 unspecified atom stereocenters. The molecule has 46 heavy (non-hydrogen) atoms. The lowest BCUT2D eigenvalue weighted by atomic mass is 10.0. The second kappa shape index (κ2) is 14.5. The molecule has 2 N–H and O–H groups in total. The van der Waals surface area contributed by atoms with Crippen molar-refractivity contribution in [1.82, 2.24) is 40.1 Å². The van der Waals surface area contributed by atoms with Crippen molar-refractivity contribution in [1.29, 1.82) is 0 Å². The van der Waals surface area contributed by atoms with E-state index in [1.807, 2.05) is 100.0 Å². The summed E-state index contributed by atoms with van der Waals surface area (Å²) in [7, 11) is 0. The Labute approximate surface area is 270 Å². The molecule has 4 aromatic rings. The third-order valence-corrected chi connectivity index (χ3v) is 8.15. The van der Waals surface area contributed by atoms with Crippen LogP contribution >= 0.6 is 0 Å². The molecule has 242 valence electrons. The Morgan fingerprint density at radius 1 is 0.957 bits per heavy atom. The molecule has 2 aromatic heterocycles. The molecular formula is C35H44N8O3. The van der Waals surface area contributed by atoms with Gasteiger partial charge < -0.3 is 15.5 Å². The van der Waals surface area contributed by atoms with Gasteiger partial charge in [0.25, 0.3) is 5.91 Å². The van der Waals surface area contributed by atoms with Crippen LogP contribution in [0.2, 0.25) is 0 Å². The summed E-state index contributed by atoms with van der Waals surface area (Å²) in [6.07, 6.45) is 1.16. The normalized spacial score (nSPS) is 18.1. The fourth-order valence-corrected chi connectivity index (χ4v) is 5.85. The third kappa shape index (κ3) is 8.07. The quantitative estimate of drug-likeness (QED) is 0.326. The number of benzene rings is 2. The highest BCUT2D eigenvalue weighted by atomic mass is 16.2. The Kier molecular flexibility index (Phi) is 10.3. The molecule has 11 nitrogen and oxygen atoms in total. The number of hydrogen-bond acceptors (Lipinski definition) is 6. The molecule has 5 rings (SSSR count). The average Bonchev–Trinajstić information content (AvgIpc) is 3.60. The first kappa shape index (κ1) is 32.6. The standard InChI is InChI=1S/C35H44N8O3/c1-23(2)19-30-34(45)36-26(5)33-38-32(28-12-7-6-8-13-28)40-42(33)18-17-41(16-10-15-31(44)37-30)35(46)29-14-9-11-27(21-29)22-43-25(4)20-24(3)39-43/h6-9,11-14,20-21,23,26,30H,10,15-19,22H2,1-5H3,(H,36,45)(H,37,44)/t26-,30-/m1/s1. The first-order valence-electron chi connectivity index (χ1n) is 16.1. The van der Waals surface area contributed by atoms with E-state index in [-0.39, 0.29) is 30.1 Å². The zero-order valence-corrected chi connectivity index (χ0v) is 27.4. The van der Waals surface area contributed by atoms with Gasteiger partial charge in [-0.15, -0.1) is 0 Å². The summed E-state index contributed by atoms with van der Waals surface area (Å²) in [6, 6.07) is 18.2. The maximum absolute atomic E-state index is 14.0. The van der Waals surface area contributed by atoms with Crippen molar-refractivity contribution in [2.45, 2.75) is 79.1 Å². The van der Waals surface area contributed by atoms with E-state index in [2.05, 4.69) is 15.7 Å². The molecule has 0 saturated carbocycles. The first-order valence-corrected chi connectivity index (χ1v) is 16.1. The Morgan fingerprint density at radius 2 is 1.74 bits per heavy atom. The highest BCUT2D eigenvalue weighted by Crippen LogP contribution is 2.20. The zero-order valence-electron chi connectivity index (χ0n) is 27.4. The van der Waals surface area contributed by atoms with Gasteiger partial charge in [0.15, 0.2) is 5.82 Å². The molecule has 0 bridgehead atoms. The predicted octanol–water partition coefficient (Wildman–Crippen LogP) is 4.45. The lowest BCUT2D eigenvalue weighted by Crippen LogP contribution is -2.48. The van der Waals surface area contributed by atoms with Crippen molar-refractivity contribution < 1.29 is 14.4 Å². The number of nitrogens with zero attached hydrogens (tertiary/aromatic N) is 6. The van der Waals surface area contributed by atoms with Gasteiger partial charge >= 0.3 is 0 Å². The summed E-state index contributed by atoms with van der Waals surface area (Å²) in [4.78, 5) is 47.0. The van der Waals surface area contributed by atoms with Crippen LogP contribution in [0.4, 0.5) is 0 Å². The van der Waals surface area contributed by atoms with Crippen LogP contribution < -0.4 is 10.6 Å². The fraction of sp³-hybridized carbons (Fsp3) is 0.429. The van der Waals surface area contributed by atoms with Gasteiger partial charge in [-0.1, -0.05) is 56.3 Å². The van der Waals surface area contributed by atoms with Gasteiger partial charge in [-0.05, 0) is 63.3 Å². The lowest BCUT2D eigenvalue weighted by Gasteiger charge is -2.26. The molecular weight excluding hydrogens is 580 g/mol. The van der Waals surface area contributed by atoms with Gasteiger partial charge in [0.05, 0.1) is 24.8 Å². The predicted molar refractivity (Wildman–Crippen MR) is 176 cm³/mol. The smallest absolute Gasteiger partial charge is 0.253 e. The van der Waals surface area contributed by atoms with Gasteiger partial charge in [-0.2, -0.15) is 10.2 Å². The van der Waals surface area contributed by atoms with Crippen molar-refractivity contribution in [2.24, 2.45) is 5.92 Å². The van der Waals surface area contributed by atoms with Crippen LogP contribution in [-0.4, -0.2) is 66.3 Å². The molecule has 1 aliphatic rings. The van der Waals surface area contributed by atoms with Crippen molar-refractivity contribution in [3.8, 4) is 11.4 Å². The number of nitrogens with one attached hydrogen (secondary N) is 2. The SMILES string of the molecule is Cc1cc(C)n(Cc2cccc(C(=O)N3CCCC(=O)N[C@H](CC(C)C)C(=O)N[C@H](C)c4nc(-c5ccccc5)nn4CC3)c2)n1. The van der Waals surface area contributed by atoms with Crippen LogP contribution in [0.1, 0.15) is 79.2 Å². The van der Waals surface area contributed by atoms with E-state index in [0.29, 0.717) is 56.2 Å². The number of hydrogen-bond donors (Lipinski definition) is 2. The molecule has 11 heteroatoms. The van der Waals surface area contributed by atoms with Crippen molar-refractivity contribution in [2.75, 3.05) is 13.1 Å². The summed E-state index contributed by atoms with van der Waals surface area (Å²) < 4.78 is 3.72. The van der Waals surface area contributed by atoms with Crippen LogP contribution in [0.5, 0.6) is 0 Å². The summed E-state index contributed by atoms with van der Waals surface area (Å²) >= 11 is 0. The Morgan fingerprint density at radius 3 is 2.46 bits per heavy atom. The molecule has 0 fully saturated rings. The maximum Gasteiger partial charge on any atom is 0.253 e. The first-order chi connectivity index (χ1) is 22.1. The minimum absolute atomic E-state index is 0.119. The summed E-state index contributed by atoms with van der Waals surface area (Å²) in [5.41, 5.74) is 4.42. The van der Waals surface area contributed by atoms with Gasteiger partial charge in [0, 0.05) is 36.3 Å². The summed E-state index contributed by atoms with van der Waals surface area (Å²) in [6.45, 7) is 11.5. The van der Waals surface area contributed by atoms with Gasteiger partial charge in [0.2, 0.25) is 11.8 Å². The van der Waals surface area contributed by atoms with E-state index < -0.39 is 12.1 Å². The molecule has 0 spiro atoms. The molecule has 0 radical (unpaired) electrons. The second-order valence-electron chi connectivity index (χ2n) is 12.5. The topological polar surface area (TPSA) is 127 Å². The van der Waals surface area contributed by atoms with Crippen LogP contribution in [0, 0.1) is 19.8 Å². The minimum atomic E-state index is -0.675. The Bertz CT molecular complexity index is 1680. The van der Waals surface area contributed by atoms with E-state index in [9.17, 15) is 14.4 Å². The summed E-state index contributed by atoms with van der Waals surface area (Å²) in [5.74, 6) is 0.746. The number of fused-ring (bicyclic) bond motifs is 1. The number of aromatic nitrogens is 5. The highest BCUT2D eigenvalue weighted by Gasteiger charge is 2.27. The van der Waals surface area contributed by atoms with Crippen molar-refractivity contribution in [3.05, 3.63) is 89.0 Å². The molecule has 1 aliphatic heterocycles. The Balaban J connectivity index is 1.44. The zero-order chi connectivity index (χ0) is 32.8. The van der Waals surface area contributed by atoms with E-state index in [1.54, 1.807) is 9.58 Å². The monoisotopic (exact) mass is 624 g/mol.